The smallest absolute Gasteiger partial charge is 0.379 e. The normalized spacial score (nSPS) is 11.2. The summed E-state index contributed by atoms with van der Waals surface area (Å²) in [5.41, 5.74) is -0.601. The van der Waals surface area contributed by atoms with Crippen LogP contribution in [0, 0.1) is 0 Å². The fourth-order valence-electron chi connectivity index (χ4n) is 0.993. The van der Waals surface area contributed by atoms with E-state index in [2.05, 4.69) is 15.9 Å². The average Bonchev–Trinajstić information content (AvgIpc) is 2.16. The van der Waals surface area contributed by atoms with Crippen LogP contribution >= 0.6 is 15.9 Å². The summed E-state index contributed by atoms with van der Waals surface area (Å²) < 4.78 is 31.0. The van der Waals surface area contributed by atoms with E-state index in [1.54, 1.807) is 0 Å². The molecule has 82 valence electrons. The number of benzene rings is 1. The quantitative estimate of drug-likeness (QED) is 0.926. The van der Waals surface area contributed by atoms with E-state index < -0.39 is 17.5 Å². The van der Waals surface area contributed by atoms with Crippen molar-refractivity contribution in [2.24, 2.45) is 0 Å². The Labute approximate surface area is 92.8 Å². The molecule has 0 saturated carbocycles. The van der Waals surface area contributed by atoms with Crippen molar-refractivity contribution in [1.82, 2.24) is 0 Å². The minimum absolute atomic E-state index is 0.00532. The number of aliphatic carboxylic acids is 1. The predicted octanol–water partition coefficient (Wildman–Crippen LogP) is 2.63. The van der Waals surface area contributed by atoms with Crippen LogP contribution in [0.15, 0.2) is 22.7 Å². The van der Waals surface area contributed by atoms with Crippen molar-refractivity contribution < 1.29 is 23.4 Å². The molecule has 1 aromatic rings. The highest BCUT2D eigenvalue weighted by atomic mass is 79.9. The SMILES string of the molecule is COc1ccc(C(F)(F)C(=O)O)c(Br)c1. The molecule has 0 heterocycles. The Hall–Kier alpha value is -1.17. The Bertz CT molecular complexity index is 393. The van der Waals surface area contributed by atoms with Gasteiger partial charge in [0.15, 0.2) is 0 Å². The number of rotatable bonds is 3. The van der Waals surface area contributed by atoms with Gasteiger partial charge in [-0.3, -0.25) is 0 Å². The van der Waals surface area contributed by atoms with Gasteiger partial charge in [0.2, 0.25) is 0 Å². The largest absolute Gasteiger partial charge is 0.497 e. The van der Waals surface area contributed by atoms with Crippen molar-refractivity contribution >= 4 is 21.9 Å². The molecule has 6 heteroatoms. The first-order valence-corrected chi connectivity index (χ1v) is 4.64. The molecule has 0 aromatic heterocycles. The number of carboxylic acid groups (broad SMARTS) is 1. The van der Waals surface area contributed by atoms with Crippen LogP contribution in [0.2, 0.25) is 0 Å². The van der Waals surface area contributed by atoms with E-state index in [1.807, 2.05) is 0 Å². The molecule has 0 aliphatic rings. The maximum atomic E-state index is 13.1. The van der Waals surface area contributed by atoms with Crippen LogP contribution in [0.1, 0.15) is 5.56 Å². The number of alkyl halides is 2. The minimum atomic E-state index is -3.91. The average molecular weight is 281 g/mol. The molecular formula is C9H7BrF2O3. The highest BCUT2D eigenvalue weighted by molar-refractivity contribution is 9.10. The van der Waals surface area contributed by atoms with Gasteiger partial charge in [-0.05, 0) is 18.2 Å². The molecule has 0 aliphatic carbocycles. The van der Waals surface area contributed by atoms with E-state index in [9.17, 15) is 13.6 Å². The monoisotopic (exact) mass is 280 g/mol. The molecule has 1 aromatic carbocycles. The highest BCUT2D eigenvalue weighted by Gasteiger charge is 2.42. The number of methoxy groups -OCH3 is 1. The first-order valence-electron chi connectivity index (χ1n) is 3.85. The lowest BCUT2D eigenvalue weighted by molar-refractivity contribution is -0.166. The van der Waals surface area contributed by atoms with Gasteiger partial charge in [-0.25, -0.2) is 4.79 Å². The standard InChI is InChI=1S/C9H7BrF2O3/c1-15-5-2-3-6(7(10)4-5)9(11,12)8(13)14/h2-4H,1H3,(H,13,14). The summed E-state index contributed by atoms with van der Waals surface area (Å²) in [6.07, 6.45) is 0. The molecule has 0 aliphatic heterocycles. The molecule has 1 rings (SSSR count). The molecule has 0 spiro atoms. The first-order chi connectivity index (χ1) is 6.89. The summed E-state index contributed by atoms with van der Waals surface area (Å²) in [6, 6.07) is 3.57. The summed E-state index contributed by atoms with van der Waals surface area (Å²) in [6.45, 7) is 0. The van der Waals surface area contributed by atoms with Gasteiger partial charge < -0.3 is 9.84 Å². The van der Waals surface area contributed by atoms with E-state index >= 15 is 0 Å². The molecule has 0 atom stereocenters. The second kappa shape index (κ2) is 4.14. The van der Waals surface area contributed by atoms with Gasteiger partial charge in [-0.1, -0.05) is 15.9 Å². The van der Waals surface area contributed by atoms with Crippen molar-refractivity contribution in [3.8, 4) is 5.75 Å². The third kappa shape index (κ3) is 2.26. The first kappa shape index (κ1) is 11.9. The Morgan fingerprint density at radius 3 is 2.53 bits per heavy atom. The van der Waals surface area contributed by atoms with Crippen molar-refractivity contribution in [3.63, 3.8) is 0 Å². The Kier molecular flexibility index (Phi) is 3.28. The lowest BCUT2D eigenvalue weighted by Crippen LogP contribution is -2.25. The van der Waals surface area contributed by atoms with Crippen LogP contribution in [0.25, 0.3) is 0 Å². The van der Waals surface area contributed by atoms with Gasteiger partial charge in [-0.2, -0.15) is 8.78 Å². The lowest BCUT2D eigenvalue weighted by atomic mass is 10.1. The van der Waals surface area contributed by atoms with E-state index in [1.165, 1.54) is 19.2 Å². The highest BCUT2D eigenvalue weighted by Crippen LogP contribution is 2.35. The van der Waals surface area contributed by atoms with Crippen LogP contribution in [0.3, 0.4) is 0 Å². The van der Waals surface area contributed by atoms with Crippen LogP contribution in [0.4, 0.5) is 8.78 Å². The van der Waals surface area contributed by atoms with Gasteiger partial charge >= 0.3 is 11.9 Å². The van der Waals surface area contributed by atoms with Gasteiger partial charge in [0.05, 0.1) is 7.11 Å². The zero-order valence-electron chi connectivity index (χ0n) is 7.63. The molecule has 0 amide bonds. The van der Waals surface area contributed by atoms with Crippen LogP contribution in [-0.4, -0.2) is 18.2 Å². The van der Waals surface area contributed by atoms with Crippen LogP contribution in [-0.2, 0) is 10.7 Å². The van der Waals surface area contributed by atoms with E-state index in [0.717, 1.165) is 6.07 Å². The summed E-state index contributed by atoms with van der Waals surface area (Å²) >= 11 is 2.87. The molecule has 0 unspecified atom stereocenters. The van der Waals surface area contributed by atoms with E-state index in [0.29, 0.717) is 5.75 Å². The van der Waals surface area contributed by atoms with Gasteiger partial charge in [0.1, 0.15) is 5.75 Å². The molecule has 0 radical (unpaired) electrons. The number of carbonyl (C=O) groups is 1. The molecule has 15 heavy (non-hydrogen) atoms. The second-order valence-corrected chi connectivity index (χ2v) is 3.58. The number of hydrogen-bond donors (Lipinski definition) is 1. The molecular weight excluding hydrogens is 274 g/mol. The Morgan fingerprint density at radius 1 is 1.53 bits per heavy atom. The fourth-order valence-corrected chi connectivity index (χ4v) is 1.60. The minimum Gasteiger partial charge on any atom is -0.497 e. The van der Waals surface area contributed by atoms with Crippen LogP contribution in [0.5, 0.6) is 5.75 Å². The van der Waals surface area contributed by atoms with Crippen LogP contribution < -0.4 is 4.74 Å². The van der Waals surface area contributed by atoms with Crippen molar-refractivity contribution in [3.05, 3.63) is 28.2 Å². The topological polar surface area (TPSA) is 46.5 Å². The molecule has 1 N–H and O–H groups in total. The number of halogens is 3. The summed E-state index contributed by atoms with van der Waals surface area (Å²) in [5, 5.41) is 8.34. The van der Waals surface area contributed by atoms with E-state index in [4.69, 9.17) is 9.84 Å². The molecule has 0 fully saturated rings. The van der Waals surface area contributed by atoms with Crippen molar-refractivity contribution in [2.75, 3.05) is 7.11 Å². The van der Waals surface area contributed by atoms with Crippen molar-refractivity contribution in [1.29, 1.82) is 0 Å². The van der Waals surface area contributed by atoms with E-state index in [-0.39, 0.29) is 4.47 Å². The summed E-state index contributed by atoms with van der Waals surface area (Å²) in [5.74, 6) is -5.73. The zero-order chi connectivity index (χ0) is 11.6. The molecule has 0 bridgehead atoms. The third-order valence-corrected chi connectivity index (χ3v) is 2.44. The Balaban J connectivity index is 3.22. The fraction of sp³-hybridized carbons (Fsp3) is 0.222. The predicted molar refractivity (Wildman–Crippen MR) is 52.2 cm³/mol. The van der Waals surface area contributed by atoms with Crippen molar-refractivity contribution in [2.45, 2.75) is 5.92 Å². The summed E-state index contributed by atoms with van der Waals surface area (Å²) in [4.78, 5) is 10.3. The van der Waals surface area contributed by atoms with Gasteiger partial charge in [-0.15, -0.1) is 0 Å². The lowest BCUT2D eigenvalue weighted by Gasteiger charge is -2.13. The summed E-state index contributed by atoms with van der Waals surface area (Å²) in [7, 11) is 1.39. The molecule has 3 nitrogen and oxygen atoms in total. The maximum Gasteiger partial charge on any atom is 0.379 e. The zero-order valence-corrected chi connectivity index (χ0v) is 9.22. The maximum absolute atomic E-state index is 13.1. The number of hydrogen-bond acceptors (Lipinski definition) is 2. The Morgan fingerprint density at radius 2 is 2.13 bits per heavy atom. The van der Waals surface area contributed by atoms with Gasteiger partial charge in [0.25, 0.3) is 0 Å². The number of ether oxygens (including phenoxy) is 1. The molecule has 0 saturated heterocycles. The second-order valence-electron chi connectivity index (χ2n) is 2.73. The third-order valence-electron chi connectivity index (χ3n) is 1.78. The van der Waals surface area contributed by atoms with Gasteiger partial charge in [0, 0.05) is 10.0 Å². The number of carboxylic acids is 1.